The number of aryl methyl sites for hydroxylation is 1. The van der Waals surface area contributed by atoms with Gasteiger partial charge < -0.3 is 9.72 Å². The highest BCUT2D eigenvalue weighted by molar-refractivity contribution is 5.85. The molecule has 0 saturated heterocycles. The Balaban J connectivity index is 0.00000121. The normalized spacial score (nSPS) is 9.64. The van der Waals surface area contributed by atoms with Crippen molar-refractivity contribution in [1.82, 2.24) is 9.97 Å². The number of ether oxygens (including phenoxy) is 1. The van der Waals surface area contributed by atoms with Crippen molar-refractivity contribution in [3.63, 3.8) is 0 Å². The molecular weight excluding hydrogens is 144 g/mol. The predicted molar refractivity (Wildman–Crippen MR) is 41.4 cm³/mol. The molecular formula is C7H12N2O2. The first kappa shape index (κ1) is 7.78. The molecule has 1 rings (SSSR count). The van der Waals surface area contributed by atoms with Crippen molar-refractivity contribution in [2.75, 3.05) is 6.61 Å². The van der Waals surface area contributed by atoms with Crippen molar-refractivity contribution >= 4 is 5.97 Å². The van der Waals surface area contributed by atoms with Crippen LogP contribution in [0.5, 0.6) is 0 Å². The summed E-state index contributed by atoms with van der Waals surface area (Å²) in [5.41, 5.74) is 0.855. The number of nitrogens with zero attached hydrogens (tertiary/aromatic N) is 1. The number of hydrogen-bond acceptors (Lipinski definition) is 3. The number of rotatable bonds is 2. The number of aromatic nitrogens is 2. The van der Waals surface area contributed by atoms with Gasteiger partial charge in [-0.3, -0.25) is 0 Å². The summed E-state index contributed by atoms with van der Waals surface area (Å²) < 4.78 is 4.71. The SMILES string of the molecule is CCOC(=O)c1ncc(C)[nH]1.[HH]. The Morgan fingerprint density at radius 3 is 3.09 bits per heavy atom. The number of esters is 1. The van der Waals surface area contributed by atoms with Crippen LogP contribution in [0.3, 0.4) is 0 Å². The Morgan fingerprint density at radius 1 is 1.91 bits per heavy atom. The van der Waals surface area contributed by atoms with E-state index in [2.05, 4.69) is 9.97 Å². The van der Waals surface area contributed by atoms with E-state index in [1.165, 1.54) is 0 Å². The molecule has 0 aromatic carbocycles. The average Bonchev–Trinajstić information content (AvgIpc) is 2.36. The highest BCUT2D eigenvalue weighted by Crippen LogP contribution is 1.96. The highest BCUT2D eigenvalue weighted by atomic mass is 16.5. The average molecular weight is 156 g/mol. The molecule has 0 aliphatic carbocycles. The van der Waals surface area contributed by atoms with Gasteiger partial charge in [0.1, 0.15) is 0 Å². The van der Waals surface area contributed by atoms with E-state index in [9.17, 15) is 4.79 Å². The topological polar surface area (TPSA) is 55.0 Å². The smallest absolute Gasteiger partial charge is 0.374 e. The van der Waals surface area contributed by atoms with Gasteiger partial charge in [0.05, 0.1) is 6.61 Å². The standard InChI is InChI=1S/C7H10N2O2.H2/c1-3-11-7(10)6-8-4-5(2)9-6;/h4H,3H2,1-2H3,(H,8,9);1H. The van der Waals surface area contributed by atoms with Crippen LogP contribution >= 0.6 is 0 Å². The summed E-state index contributed by atoms with van der Waals surface area (Å²) in [7, 11) is 0. The molecule has 4 nitrogen and oxygen atoms in total. The van der Waals surface area contributed by atoms with E-state index in [-0.39, 0.29) is 7.25 Å². The van der Waals surface area contributed by atoms with Crippen molar-refractivity contribution in [2.45, 2.75) is 13.8 Å². The summed E-state index contributed by atoms with van der Waals surface area (Å²) in [6, 6.07) is 0. The van der Waals surface area contributed by atoms with E-state index in [1.807, 2.05) is 6.92 Å². The number of carbonyl (C=O) groups is 1. The number of nitrogens with one attached hydrogen (secondary N) is 1. The van der Waals surface area contributed by atoms with E-state index in [0.29, 0.717) is 6.61 Å². The Hall–Kier alpha value is -1.32. The van der Waals surface area contributed by atoms with Gasteiger partial charge in [-0.2, -0.15) is 0 Å². The summed E-state index contributed by atoms with van der Waals surface area (Å²) >= 11 is 0. The third-order valence-corrected chi connectivity index (χ3v) is 1.17. The second-order valence-corrected chi connectivity index (χ2v) is 2.14. The fraction of sp³-hybridized carbons (Fsp3) is 0.429. The molecule has 62 valence electrons. The third kappa shape index (κ3) is 1.80. The zero-order chi connectivity index (χ0) is 8.27. The van der Waals surface area contributed by atoms with Crippen molar-refractivity contribution in [2.24, 2.45) is 0 Å². The van der Waals surface area contributed by atoms with Crippen LogP contribution in [0.15, 0.2) is 6.20 Å². The third-order valence-electron chi connectivity index (χ3n) is 1.17. The Labute approximate surface area is 66.1 Å². The van der Waals surface area contributed by atoms with Gasteiger partial charge in [-0.1, -0.05) is 0 Å². The first-order chi connectivity index (χ1) is 5.24. The molecule has 0 fully saturated rings. The van der Waals surface area contributed by atoms with Crippen LogP contribution in [0.2, 0.25) is 0 Å². The number of hydrogen-bond donors (Lipinski definition) is 1. The van der Waals surface area contributed by atoms with Crippen LogP contribution in [-0.4, -0.2) is 22.5 Å². The molecule has 1 heterocycles. The van der Waals surface area contributed by atoms with Gasteiger partial charge in [0.2, 0.25) is 5.82 Å². The maximum Gasteiger partial charge on any atom is 0.374 e. The van der Waals surface area contributed by atoms with Gasteiger partial charge in [-0.05, 0) is 13.8 Å². The van der Waals surface area contributed by atoms with Crippen LogP contribution in [-0.2, 0) is 4.74 Å². The Bertz CT molecular complexity index is 260. The van der Waals surface area contributed by atoms with Crippen LogP contribution in [0, 0.1) is 6.92 Å². The van der Waals surface area contributed by atoms with Crippen LogP contribution in [0.4, 0.5) is 0 Å². The minimum atomic E-state index is -0.402. The highest BCUT2D eigenvalue weighted by Gasteiger charge is 2.08. The zero-order valence-electron chi connectivity index (χ0n) is 6.55. The molecule has 1 N–H and O–H groups in total. The van der Waals surface area contributed by atoms with Crippen LogP contribution in [0.1, 0.15) is 24.7 Å². The lowest BCUT2D eigenvalue weighted by atomic mass is 10.6. The predicted octanol–water partition coefficient (Wildman–Crippen LogP) is 1.14. The van der Waals surface area contributed by atoms with Crippen molar-refractivity contribution < 1.29 is 11.0 Å². The Morgan fingerprint density at radius 2 is 2.64 bits per heavy atom. The molecule has 0 atom stereocenters. The molecule has 0 aliphatic rings. The fourth-order valence-electron chi connectivity index (χ4n) is 0.716. The molecule has 4 heteroatoms. The van der Waals surface area contributed by atoms with Crippen LogP contribution < -0.4 is 0 Å². The van der Waals surface area contributed by atoms with Gasteiger partial charge in [0.15, 0.2) is 0 Å². The maximum atomic E-state index is 10.9. The molecule has 0 aliphatic heterocycles. The van der Waals surface area contributed by atoms with Crippen molar-refractivity contribution in [3.8, 4) is 0 Å². The van der Waals surface area contributed by atoms with Crippen molar-refractivity contribution in [1.29, 1.82) is 0 Å². The molecule has 0 spiro atoms. The van der Waals surface area contributed by atoms with E-state index in [4.69, 9.17) is 4.74 Å². The largest absolute Gasteiger partial charge is 0.460 e. The summed E-state index contributed by atoms with van der Waals surface area (Å²) in [4.78, 5) is 17.5. The zero-order valence-corrected chi connectivity index (χ0v) is 6.55. The van der Waals surface area contributed by atoms with E-state index >= 15 is 0 Å². The van der Waals surface area contributed by atoms with Crippen molar-refractivity contribution in [3.05, 3.63) is 17.7 Å². The van der Waals surface area contributed by atoms with Gasteiger partial charge in [0, 0.05) is 13.3 Å². The second kappa shape index (κ2) is 3.18. The van der Waals surface area contributed by atoms with Crippen LogP contribution in [0.25, 0.3) is 0 Å². The molecule has 0 saturated carbocycles. The van der Waals surface area contributed by atoms with Gasteiger partial charge >= 0.3 is 5.97 Å². The van der Waals surface area contributed by atoms with Gasteiger partial charge in [-0.25, -0.2) is 9.78 Å². The lowest BCUT2D eigenvalue weighted by Gasteiger charge is -1.95. The summed E-state index contributed by atoms with van der Waals surface area (Å²) in [5.74, 6) is -0.134. The van der Waals surface area contributed by atoms with Gasteiger partial charge in [0.25, 0.3) is 0 Å². The number of H-pyrrole nitrogens is 1. The van der Waals surface area contributed by atoms with Gasteiger partial charge in [-0.15, -0.1) is 0 Å². The molecule has 0 radical (unpaired) electrons. The molecule has 1 aromatic rings. The van der Waals surface area contributed by atoms with E-state index < -0.39 is 5.97 Å². The first-order valence-electron chi connectivity index (χ1n) is 3.42. The molecule has 0 bridgehead atoms. The summed E-state index contributed by atoms with van der Waals surface area (Å²) in [6.45, 7) is 3.96. The first-order valence-corrected chi connectivity index (χ1v) is 3.42. The maximum absolute atomic E-state index is 10.9. The minimum Gasteiger partial charge on any atom is -0.460 e. The number of aromatic amines is 1. The lowest BCUT2D eigenvalue weighted by Crippen LogP contribution is -2.06. The second-order valence-electron chi connectivity index (χ2n) is 2.14. The lowest BCUT2D eigenvalue weighted by molar-refractivity contribution is 0.0513. The quantitative estimate of drug-likeness (QED) is 0.653. The Kier molecular flexibility index (Phi) is 2.25. The molecule has 0 amide bonds. The monoisotopic (exact) mass is 156 g/mol. The minimum absolute atomic E-state index is 0. The van der Waals surface area contributed by atoms with E-state index in [0.717, 1.165) is 5.69 Å². The molecule has 1 aromatic heterocycles. The molecule has 0 unspecified atom stereocenters. The summed E-state index contributed by atoms with van der Waals surface area (Å²) in [6.07, 6.45) is 1.59. The summed E-state index contributed by atoms with van der Waals surface area (Å²) in [5, 5.41) is 0. The fourth-order valence-corrected chi connectivity index (χ4v) is 0.716. The number of carbonyl (C=O) groups excluding carboxylic acids is 1. The molecule has 11 heavy (non-hydrogen) atoms. The number of imidazole rings is 1. The van der Waals surface area contributed by atoms with E-state index in [1.54, 1.807) is 13.1 Å².